The van der Waals surface area contributed by atoms with Crippen LogP contribution in [0.2, 0.25) is 0 Å². The van der Waals surface area contributed by atoms with Crippen LogP contribution in [0.5, 0.6) is 11.5 Å². The smallest absolute Gasteiger partial charge is 0.471 e. The van der Waals surface area contributed by atoms with E-state index in [9.17, 15) is 27.9 Å². The number of likely N-dealkylation sites (tertiary alicyclic amines) is 1. The van der Waals surface area contributed by atoms with Crippen LogP contribution >= 0.6 is 0 Å². The molecule has 3 aromatic rings. The summed E-state index contributed by atoms with van der Waals surface area (Å²) in [4.78, 5) is 26.5. The molecule has 3 aromatic carbocycles. The lowest BCUT2D eigenvalue weighted by Crippen LogP contribution is -2.46. The molecule has 2 aliphatic heterocycles. The average Bonchev–Trinajstić information content (AvgIpc) is 3.12. The molecule has 0 aromatic heterocycles. The van der Waals surface area contributed by atoms with Gasteiger partial charge in [-0.25, -0.2) is 4.79 Å². The molecule has 1 fully saturated rings. The number of methoxy groups -OCH3 is 1. The number of carbonyl (C=O) groups excluding carboxylic acids is 1. The number of hydrogen-bond acceptors (Lipinski definition) is 7. The summed E-state index contributed by atoms with van der Waals surface area (Å²) in [6.45, 7) is 3.13. The van der Waals surface area contributed by atoms with Gasteiger partial charge in [0.15, 0.2) is 0 Å². The highest BCUT2D eigenvalue weighted by Crippen LogP contribution is 2.33. The largest absolute Gasteiger partial charge is 0.496 e. The lowest BCUT2D eigenvalue weighted by atomic mass is 9.87. The quantitative estimate of drug-likeness (QED) is 0.182. The second-order valence-electron chi connectivity index (χ2n) is 12.4. The number of amides is 2. The molecule has 0 bridgehead atoms. The number of carboxylic acid groups (broad SMARTS) is 1. The summed E-state index contributed by atoms with van der Waals surface area (Å²) in [5, 5.41) is 11.7. The molecule has 2 aliphatic rings. The minimum Gasteiger partial charge on any atom is -0.496 e. The van der Waals surface area contributed by atoms with Crippen molar-refractivity contribution in [3.8, 4) is 11.5 Å². The summed E-state index contributed by atoms with van der Waals surface area (Å²) in [7, 11) is 1.64. The molecule has 2 atom stereocenters. The van der Waals surface area contributed by atoms with Crippen LogP contribution in [0.3, 0.4) is 0 Å². The number of nitrogens with one attached hydrogen (secondary N) is 1. The molecule has 0 aliphatic carbocycles. The summed E-state index contributed by atoms with van der Waals surface area (Å²) in [6.07, 6.45) is -3.28. The van der Waals surface area contributed by atoms with Crippen molar-refractivity contribution >= 4 is 17.7 Å². The number of carbonyl (C=O) groups is 2. The van der Waals surface area contributed by atoms with E-state index in [4.69, 9.17) is 18.9 Å². The van der Waals surface area contributed by atoms with Gasteiger partial charge in [0.25, 0.3) is 0 Å². The molecule has 2 amide bonds. The summed E-state index contributed by atoms with van der Waals surface area (Å²) in [5.74, 6) is -0.448. The van der Waals surface area contributed by atoms with Gasteiger partial charge in [-0.1, -0.05) is 42.5 Å². The van der Waals surface area contributed by atoms with E-state index in [1.807, 2.05) is 76.9 Å². The monoisotopic (exact) mass is 699 g/mol. The van der Waals surface area contributed by atoms with E-state index in [0.717, 1.165) is 58.7 Å². The van der Waals surface area contributed by atoms with Gasteiger partial charge in [-0.2, -0.15) is 13.2 Å². The second kappa shape index (κ2) is 17.4. The number of benzene rings is 3. The third kappa shape index (κ3) is 10.0. The summed E-state index contributed by atoms with van der Waals surface area (Å²) < 4.78 is 61.3. The molecule has 0 unspecified atom stereocenters. The Morgan fingerprint density at radius 1 is 1.00 bits per heavy atom. The van der Waals surface area contributed by atoms with Gasteiger partial charge in [0.2, 0.25) is 0 Å². The van der Waals surface area contributed by atoms with Gasteiger partial charge in [0.05, 0.1) is 46.2 Å². The molecule has 0 radical (unpaired) electrons. The number of fused-ring (bicyclic) bond motifs is 1. The molecule has 1 saturated heterocycles. The van der Waals surface area contributed by atoms with Crippen LogP contribution < -0.4 is 19.7 Å². The molecule has 0 spiro atoms. The van der Waals surface area contributed by atoms with E-state index >= 15 is 0 Å². The van der Waals surface area contributed by atoms with Crippen LogP contribution in [0.15, 0.2) is 66.7 Å². The Morgan fingerprint density at radius 3 is 2.56 bits per heavy atom. The number of ether oxygens (including phenoxy) is 4. The van der Waals surface area contributed by atoms with Crippen molar-refractivity contribution in [2.24, 2.45) is 0 Å². The van der Waals surface area contributed by atoms with Crippen LogP contribution in [-0.4, -0.2) is 87.3 Å². The number of halogens is 3. The molecule has 270 valence electrons. The van der Waals surface area contributed by atoms with E-state index in [1.54, 1.807) is 7.11 Å². The summed E-state index contributed by atoms with van der Waals surface area (Å²) >= 11 is 0. The number of alkyl halides is 3. The first-order valence-corrected chi connectivity index (χ1v) is 16.9. The molecule has 10 nitrogen and oxygen atoms in total. The Bertz CT molecular complexity index is 1570. The number of anilines is 1. The fraction of sp³-hybridized carbons (Fsp3) is 0.459. The Kier molecular flexibility index (Phi) is 12.8. The average molecular weight is 700 g/mol. The van der Waals surface area contributed by atoms with E-state index < -0.39 is 24.3 Å². The Hall–Kier alpha value is -4.49. The Labute approximate surface area is 290 Å². The molecule has 13 heteroatoms. The maximum atomic E-state index is 12.6. The zero-order chi connectivity index (χ0) is 35.5. The third-order valence-electron chi connectivity index (χ3n) is 9.04. The minimum absolute atomic E-state index is 0.0330. The van der Waals surface area contributed by atoms with Crippen molar-refractivity contribution in [2.45, 2.75) is 57.1 Å². The van der Waals surface area contributed by atoms with Crippen molar-refractivity contribution in [3.05, 3.63) is 89.0 Å². The highest BCUT2D eigenvalue weighted by Gasteiger charge is 2.38. The zero-order valence-corrected chi connectivity index (χ0v) is 28.1. The molecule has 2 heterocycles. The van der Waals surface area contributed by atoms with Gasteiger partial charge in [-0.3, -0.25) is 4.79 Å². The van der Waals surface area contributed by atoms with Crippen molar-refractivity contribution in [1.29, 1.82) is 0 Å². The van der Waals surface area contributed by atoms with Crippen LogP contribution in [0.4, 0.5) is 23.7 Å². The van der Waals surface area contributed by atoms with Crippen molar-refractivity contribution < 1.29 is 46.8 Å². The number of rotatable bonds is 15. The fourth-order valence-electron chi connectivity index (χ4n) is 6.43. The predicted octanol–water partition coefficient (Wildman–Crippen LogP) is 6.16. The standard InChI is InChI=1S/C37H44F3N3O7/c1-47-33-8-3-2-6-29(33)25-48-20-5-21-49-30-13-11-27(12-14-30)31-15-18-43(36(45)46)23-34(31)50-24-26-9-10-28-7-4-17-42(32(28)22-26)19-16-41-35(44)37(38,39)40/h2-3,6,8-14,22,31,34H,4-5,7,15-21,23-25H2,1H3,(H,41,44)(H,45,46)/t31-,34+/m1/s1. The SMILES string of the molecule is COc1ccccc1COCCCOc1ccc([C@H]2CCN(C(=O)O)C[C@@H]2OCc2ccc3c(c2)N(CCNC(=O)C(F)(F)F)CCC3)cc1. The van der Waals surface area contributed by atoms with Crippen molar-refractivity contribution in [2.75, 3.05) is 57.9 Å². The zero-order valence-electron chi connectivity index (χ0n) is 28.1. The highest BCUT2D eigenvalue weighted by molar-refractivity contribution is 5.81. The van der Waals surface area contributed by atoms with Gasteiger partial charge < -0.3 is 39.2 Å². The maximum Gasteiger partial charge on any atom is 0.471 e. The molecular weight excluding hydrogens is 655 g/mol. The molecule has 2 N–H and O–H groups in total. The first-order valence-electron chi connectivity index (χ1n) is 16.9. The van der Waals surface area contributed by atoms with Gasteiger partial charge in [-0.05, 0) is 60.2 Å². The van der Waals surface area contributed by atoms with Crippen LogP contribution in [-0.2, 0) is 33.9 Å². The van der Waals surface area contributed by atoms with Crippen LogP contribution in [0, 0.1) is 0 Å². The maximum absolute atomic E-state index is 12.6. The van der Waals surface area contributed by atoms with Gasteiger partial charge >= 0.3 is 18.2 Å². The molecule has 5 rings (SSSR count). The summed E-state index contributed by atoms with van der Waals surface area (Å²) in [6, 6.07) is 21.5. The number of nitrogens with zero attached hydrogens (tertiary/aromatic N) is 2. The van der Waals surface area contributed by atoms with Gasteiger partial charge in [-0.15, -0.1) is 0 Å². The fourth-order valence-corrected chi connectivity index (χ4v) is 6.43. The lowest BCUT2D eigenvalue weighted by Gasteiger charge is -2.37. The van der Waals surface area contributed by atoms with Crippen molar-refractivity contribution in [3.63, 3.8) is 0 Å². The topological polar surface area (TPSA) is 110 Å². The number of para-hydroxylation sites is 1. The first kappa shape index (κ1) is 36.8. The third-order valence-corrected chi connectivity index (χ3v) is 9.04. The number of piperidine rings is 1. The van der Waals surface area contributed by atoms with E-state index in [2.05, 4.69) is 0 Å². The van der Waals surface area contributed by atoms with E-state index in [1.165, 1.54) is 4.90 Å². The minimum atomic E-state index is -4.91. The first-order chi connectivity index (χ1) is 24.1. The van der Waals surface area contributed by atoms with Crippen LogP contribution in [0.25, 0.3) is 0 Å². The second-order valence-corrected chi connectivity index (χ2v) is 12.4. The molecular formula is C37H44F3N3O7. The highest BCUT2D eigenvalue weighted by atomic mass is 19.4. The normalized spacial score (nSPS) is 17.6. The van der Waals surface area contributed by atoms with Gasteiger partial charge in [0, 0.05) is 49.8 Å². The number of aryl methyl sites for hydroxylation is 1. The lowest BCUT2D eigenvalue weighted by molar-refractivity contribution is -0.173. The van der Waals surface area contributed by atoms with E-state index in [-0.39, 0.29) is 32.2 Å². The molecule has 50 heavy (non-hydrogen) atoms. The van der Waals surface area contributed by atoms with Gasteiger partial charge in [0.1, 0.15) is 11.5 Å². The molecule has 0 saturated carbocycles. The number of hydrogen-bond donors (Lipinski definition) is 2. The summed E-state index contributed by atoms with van der Waals surface area (Å²) in [5.41, 5.74) is 4.88. The Morgan fingerprint density at radius 2 is 1.80 bits per heavy atom. The van der Waals surface area contributed by atoms with E-state index in [0.29, 0.717) is 39.3 Å². The van der Waals surface area contributed by atoms with Crippen LogP contribution in [0.1, 0.15) is 47.4 Å². The van der Waals surface area contributed by atoms with Crippen molar-refractivity contribution in [1.82, 2.24) is 10.2 Å². The Balaban J connectivity index is 1.14. The predicted molar refractivity (Wildman–Crippen MR) is 181 cm³/mol.